The van der Waals surface area contributed by atoms with Gasteiger partial charge in [0.15, 0.2) is 0 Å². The molecule has 0 aliphatic carbocycles. The number of halogens is 1. The molecular formula is C29H22ClN5O4. The van der Waals surface area contributed by atoms with E-state index in [2.05, 4.69) is 11.1 Å². The fourth-order valence-electron chi connectivity index (χ4n) is 4.69. The Morgan fingerprint density at radius 1 is 1.00 bits per heavy atom. The summed E-state index contributed by atoms with van der Waals surface area (Å²) < 4.78 is 12.0. The number of esters is 2. The molecule has 0 amide bonds. The number of allylic oxidation sites excluding steroid dienone is 1. The Hall–Kier alpha value is -5.07. The summed E-state index contributed by atoms with van der Waals surface area (Å²) >= 11 is 6.12. The molecule has 1 unspecified atom stereocenters. The van der Waals surface area contributed by atoms with Crippen molar-refractivity contribution in [2.24, 2.45) is 5.73 Å². The van der Waals surface area contributed by atoms with Gasteiger partial charge in [-0.3, -0.25) is 4.90 Å². The van der Waals surface area contributed by atoms with E-state index in [1.165, 1.54) is 19.1 Å². The molecule has 4 aromatic rings. The van der Waals surface area contributed by atoms with E-state index in [1.807, 2.05) is 12.3 Å². The predicted octanol–water partition coefficient (Wildman–Crippen LogP) is 4.55. The van der Waals surface area contributed by atoms with E-state index >= 15 is 0 Å². The summed E-state index contributed by atoms with van der Waals surface area (Å²) in [4.78, 5) is 32.5. The number of nitrogens with zero attached hydrogens (tertiary/aromatic N) is 4. The summed E-state index contributed by atoms with van der Waals surface area (Å²) in [6.07, 6.45) is 3.56. The van der Waals surface area contributed by atoms with Crippen LogP contribution in [0, 0.1) is 11.3 Å². The number of anilines is 1. The maximum Gasteiger partial charge on any atom is 0.355 e. The number of ether oxygens (including phenoxy) is 2. The molecule has 2 aromatic carbocycles. The number of fused-ring (bicyclic) bond motifs is 1. The number of rotatable bonds is 5. The second-order valence-corrected chi connectivity index (χ2v) is 9.06. The SMILES string of the molecule is COC(=O)C1=C(C(=O)OC)N(c2cccc(-c3cn4cc(Cl)ccc4n3)c2)C(N)=C(C#N)C1c1ccccc1. The minimum absolute atomic E-state index is 0.0154. The summed E-state index contributed by atoms with van der Waals surface area (Å²) in [5.41, 5.74) is 9.52. The number of imidazole rings is 1. The molecule has 3 heterocycles. The van der Waals surface area contributed by atoms with Gasteiger partial charge in [-0.05, 0) is 29.8 Å². The lowest BCUT2D eigenvalue weighted by molar-refractivity contribution is -0.139. The lowest BCUT2D eigenvalue weighted by Gasteiger charge is -2.36. The van der Waals surface area contributed by atoms with Crippen LogP contribution in [0.4, 0.5) is 5.69 Å². The minimum atomic E-state index is -0.944. The molecule has 0 radical (unpaired) electrons. The molecule has 2 aromatic heterocycles. The maximum atomic E-state index is 13.3. The first-order valence-electron chi connectivity index (χ1n) is 11.8. The van der Waals surface area contributed by atoms with Crippen LogP contribution in [-0.4, -0.2) is 35.5 Å². The highest BCUT2D eigenvalue weighted by atomic mass is 35.5. The third-order valence-corrected chi connectivity index (χ3v) is 6.65. The smallest absolute Gasteiger partial charge is 0.355 e. The number of nitrogens with two attached hydrogens (primary N) is 1. The second kappa shape index (κ2) is 10.4. The molecular weight excluding hydrogens is 518 g/mol. The van der Waals surface area contributed by atoms with Gasteiger partial charge in [-0.25, -0.2) is 14.6 Å². The van der Waals surface area contributed by atoms with Crippen LogP contribution in [0.3, 0.4) is 0 Å². The average Bonchev–Trinajstić information content (AvgIpc) is 3.39. The first-order chi connectivity index (χ1) is 18.9. The zero-order valence-electron chi connectivity index (χ0n) is 21.0. The molecule has 1 atom stereocenters. The standard InChI is InChI=1S/C29H22ClN5O4/c1-38-28(36)25-24(17-7-4-3-5-8-17)21(14-31)27(32)35(26(25)29(37)39-2)20-10-6-9-18(13-20)22-16-34-15-19(30)11-12-23(34)33-22/h3-13,15-16,24H,32H2,1-2H3. The van der Waals surface area contributed by atoms with Gasteiger partial charge in [0.25, 0.3) is 0 Å². The van der Waals surface area contributed by atoms with Crippen LogP contribution < -0.4 is 10.6 Å². The maximum absolute atomic E-state index is 13.3. The highest BCUT2D eigenvalue weighted by molar-refractivity contribution is 6.30. The molecule has 194 valence electrons. The molecule has 0 spiro atoms. The second-order valence-electron chi connectivity index (χ2n) is 8.62. The number of hydrogen-bond acceptors (Lipinski definition) is 8. The van der Waals surface area contributed by atoms with Crippen LogP contribution in [0.5, 0.6) is 0 Å². The van der Waals surface area contributed by atoms with Gasteiger partial charge >= 0.3 is 11.9 Å². The number of aromatic nitrogens is 2. The van der Waals surface area contributed by atoms with E-state index in [-0.39, 0.29) is 22.7 Å². The summed E-state index contributed by atoms with van der Waals surface area (Å²) in [5.74, 6) is -2.56. The predicted molar refractivity (Wildman–Crippen MR) is 145 cm³/mol. The van der Waals surface area contributed by atoms with Crippen molar-refractivity contribution in [1.29, 1.82) is 5.26 Å². The average molecular weight is 540 g/mol. The molecule has 2 N–H and O–H groups in total. The number of carbonyl (C=O) groups is 2. The molecule has 0 saturated carbocycles. The van der Waals surface area contributed by atoms with Gasteiger partial charge in [-0.1, -0.05) is 54.1 Å². The Morgan fingerprint density at radius 3 is 2.44 bits per heavy atom. The fourth-order valence-corrected chi connectivity index (χ4v) is 4.86. The van der Waals surface area contributed by atoms with Gasteiger partial charge in [-0.15, -0.1) is 0 Å². The summed E-state index contributed by atoms with van der Waals surface area (Å²) in [6.45, 7) is 0. The Morgan fingerprint density at radius 2 is 1.74 bits per heavy atom. The number of pyridine rings is 1. The highest BCUT2D eigenvalue weighted by Gasteiger charge is 2.43. The molecule has 0 bridgehead atoms. The zero-order chi connectivity index (χ0) is 27.7. The van der Waals surface area contributed by atoms with Crippen molar-refractivity contribution in [2.75, 3.05) is 19.1 Å². The van der Waals surface area contributed by atoms with Crippen molar-refractivity contribution in [3.63, 3.8) is 0 Å². The Balaban J connectivity index is 1.74. The normalized spacial score (nSPS) is 15.3. The minimum Gasteiger partial charge on any atom is -0.466 e. The van der Waals surface area contributed by atoms with Gasteiger partial charge in [0.05, 0.1) is 48.1 Å². The van der Waals surface area contributed by atoms with Crippen LogP contribution in [0.25, 0.3) is 16.9 Å². The van der Waals surface area contributed by atoms with Crippen LogP contribution in [0.2, 0.25) is 5.02 Å². The third kappa shape index (κ3) is 4.47. The molecule has 5 rings (SSSR count). The number of benzene rings is 2. The highest BCUT2D eigenvalue weighted by Crippen LogP contribution is 2.43. The van der Waals surface area contributed by atoms with Crippen molar-refractivity contribution < 1.29 is 19.1 Å². The van der Waals surface area contributed by atoms with Crippen LogP contribution in [-0.2, 0) is 19.1 Å². The quantitative estimate of drug-likeness (QED) is 0.366. The van der Waals surface area contributed by atoms with E-state index in [0.29, 0.717) is 33.2 Å². The first-order valence-corrected chi connectivity index (χ1v) is 12.2. The van der Waals surface area contributed by atoms with Crippen molar-refractivity contribution in [2.45, 2.75) is 5.92 Å². The largest absolute Gasteiger partial charge is 0.466 e. The third-order valence-electron chi connectivity index (χ3n) is 6.43. The molecule has 1 aliphatic rings. The first kappa shape index (κ1) is 25.6. The summed E-state index contributed by atoms with van der Waals surface area (Å²) in [7, 11) is 2.42. The van der Waals surface area contributed by atoms with Crippen LogP contribution in [0.1, 0.15) is 11.5 Å². The van der Waals surface area contributed by atoms with E-state index in [1.54, 1.807) is 71.3 Å². The Labute approximate surface area is 228 Å². The lowest BCUT2D eigenvalue weighted by Crippen LogP contribution is -2.40. The molecule has 0 fully saturated rings. The number of methoxy groups -OCH3 is 2. The van der Waals surface area contributed by atoms with Crippen molar-refractivity contribution in [3.8, 4) is 17.3 Å². The fraction of sp³-hybridized carbons (Fsp3) is 0.103. The van der Waals surface area contributed by atoms with Crippen molar-refractivity contribution in [3.05, 3.63) is 112 Å². The van der Waals surface area contributed by atoms with Crippen molar-refractivity contribution in [1.82, 2.24) is 9.38 Å². The van der Waals surface area contributed by atoms with Crippen LogP contribution >= 0.6 is 11.6 Å². The van der Waals surface area contributed by atoms with Gasteiger partial charge in [0.2, 0.25) is 0 Å². The van der Waals surface area contributed by atoms with E-state index in [0.717, 1.165) is 0 Å². The van der Waals surface area contributed by atoms with E-state index in [9.17, 15) is 14.9 Å². The van der Waals surface area contributed by atoms with Gasteiger partial charge in [0, 0.05) is 23.6 Å². The van der Waals surface area contributed by atoms with Crippen molar-refractivity contribution >= 4 is 34.9 Å². The Kier molecular flexibility index (Phi) is 6.79. The molecule has 10 heteroatoms. The van der Waals surface area contributed by atoms with Gasteiger partial charge in [-0.2, -0.15) is 5.26 Å². The number of nitriles is 1. The summed E-state index contributed by atoms with van der Waals surface area (Å²) in [5, 5.41) is 10.8. The Bertz CT molecular complexity index is 1720. The molecule has 1 aliphatic heterocycles. The lowest BCUT2D eigenvalue weighted by atomic mass is 9.81. The number of hydrogen-bond donors (Lipinski definition) is 1. The van der Waals surface area contributed by atoms with Crippen LogP contribution in [0.15, 0.2) is 102 Å². The topological polar surface area (TPSA) is 123 Å². The van der Waals surface area contributed by atoms with Gasteiger partial charge < -0.3 is 19.6 Å². The van der Waals surface area contributed by atoms with E-state index < -0.39 is 17.9 Å². The van der Waals surface area contributed by atoms with Gasteiger partial charge in [0.1, 0.15) is 17.2 Å². The monoisotopic (exact) mass is 539 g/mol. The molecule has 9 nitrogen and oxygen atoms in total. The zero-order valence-corrected chi connectivity index (χ0v) is 21.7. The van der Waals surface area contributed by atoms with E-state index in [4.69, 9.17) is 26.8 Å². The molecule has 39 heavy (non-hydrogen) atoms. The summed E-state index contributed by atoms with van der Waals surface area (Å²) in [6, 6.07) is 21.6. The molecule has 0 saturated heterocycles. The number of carbonyl (C=O) groups excluding carboxylic acids is 2.